The minimum atomic E-state index is 0.919. The van der Waals surface area contributed by atoms with E-state index in [-0.39, 0.29) is 0 Å². The molecular formula is C17H19BrN2. The van der Waals surface area contributed by atoms with E-state index in [4.69, 9.17) is 0 Å². The molecule has 0 aliphatic carbocycles. The third kappa shape index (κ3) is 2.83. The molecule has 20 heavy (non-hydrogen) atoms. The standard InChI is InChI=1S/C17H19BrN2/c18-14-15-6-4-5-9-17(15)20-12-10-19(11-13-20)16-7-2-1-3-8-16/h1-9H,10-14H2. The van der Waals surface area contributed by atoms with Gasteiger partial charge in [-0.05, 0) is 23.8 Å². The maximum absolute atomic E-state index is 3.59. The Hall–Kier alpha value is -1.48. The molecule has 0 saturated carbocycles. The fourth-order valence-corrected chi connectivity index (χ4v) is 3.25. The third-order valence-electron chi connectivity index (χ3n) is 3.88. The largest absolute Gasteiger partial charge is 0.368 e. The first-order valence-electron chi connectivity index (χ1n) is 7.07. The Morgan fingerprint density at radius 3 is 2.05 bits per heavy atom. The average molecular weight is 331 g/mol. The molecule has 0 aromatic heterocycles. The SMILES string of the molecule is BrCc1ccccc1N1CCN(c2ccccc2)CC1. The van der Waals surface area contributed by atoms with Gasteiger partial charge in [-0.1, -0.05) is 52.3 Å². The maximum Gasteiger partial charge on any atom is 0.0408 e. The number of para-hydroxylation sites is 2. The summed E-state index contributed by atoms with van der Waals surface area (Å²) in [7, 11) is 0. The van der Waals surface area contributed by atoms with Gasteiger partial charge in [0.1, 0.15) is 0 Å². The molecule has 104 valence electrons. The Bertz CT molecular complexity index is 548. The van der Waals surface area contributed by atoms with Crippen LogP contribution in [0.2, 0.25) is 0 Å². The molecule has 0 bridgehead atoms. The van der Waals surface area contributed by atoms with E-state index in [0.29, 0.717) is 0 Å². The van der Waals surface area contributed by atoms with Crippen LogP contribution in [0.1, 0.15) is 5.56 Å². The van der Waals surface area contributed by atoms with Crippen molar-refractivity contribution in [3.63, 3.8) is 0 Å². The first-order valence-corrected chi connectivity index (χ1v) is 8.19. The average Bonchev–Trinajstić information content (AvgIpc) is 2.56. The molecule has 2 nitrogen and oxygen atoms in total. The predicted molar refractivity (Wildman–Crippen MR) is 89.9 cm³/mol. The molecule has 2 aromatic rings. The van der Waals surface area contributed by atoms with Gasteiger partial charge in [0.2, 0.25) is 0 Å². The van der Waals surface area contributed by atoms with E-state index >= 15 is 0 Å². The fraction of sp³-hybridized carbons (Fsp3) is 0.294. The Labute approximate surface area is 129 Å². The van der Waals surface area contributed by atoms with E-state index in [1.807, 2.05) is 0 Å². The zero-order valence-corrected chi connectivity index (χ0v) is 13.1. The molecule has 0 radical (unpaired) electrons. The minimum absolute atomic E-state index is 0.919. The number of hydrogen-bond donors (Lipinski definition) is 0. The van der Waals surface area contributed by atoms with Gasteiger partial charge in [0.05, 0.1) is 0 Å². The Kier molecular flexibility index (Phi) is 4.26. The van der Waals surface area contributed by atoms with Gasteiger partial charge in [0.25, 0.3) is 0 Å². The number of rotatable bonds is 3. The van der Waals surface area contributed by atoms with Crippen LogP contribution in [0.3, 0.4) is 0 Å². The van der Waals surface area contributed by atoms with Crippen LogP contribution in [0.25, 0.3) is 0 Å². The molecule has 0 unspecified atom stereocenters. The van der Waals surface area contributed by atoms with Crippen LogP contribution in [0.4, 0.5) is 11.4 Å². The first kappa shape index (κ1) is 13.5. The van der Waals surface area contributed by atoms with Crippen molar-refractivity contribution < 1.29 is 0 Å². The Balaban J connectivity index is 1.70. The van der Waals surface area contributed by atoms with Crippen molar-refractivity contribution >= 4 is 27.3 Å². The van der Waals surface area contributed by atoms with Crippen molar-refractivity contribution in [3.8, 4) is 0 Å². The number of piperazine rings is 1. The lowest BCUT2D eigenvalue weighted by Crippen LogP contribution is -2.46. The predicted octanol–water partition coefficient (Wildman–Crippen LogP) is 3.91. The summed E-state index contributed by atoms with van der Waals surface area (Å²) < 4.78 is 0. The second kappa shape index (κ2) is 6.31. The number of halogens is 1. The lowest BCUT2D eigenvalue weighted by molar-refractivity contribution is 0.652. The highest BCUT2D eigenvalue weighted by Gasteiger charge is 2.18. The number of alkyl halides is 1. The molecule has 1 saturated heterocycles. The summed E-state index contributed by atoms with van der Waals surface area (Å²) in [6.07, 6.45) is 0. The normalized spacial score (nSPS) is 15.4. The molecule has 0 amide bonds. The van der Waals surface area contributed by atoms with E-state index < -0.39 is 0 Å². The van der Waals surface area contributed by atoms with E-state index in [1.54, 1.807) is 0 Å². The summed E-state index contributed by atoms with van der Waals surface area (Å²) in [5, 5.41) is 0.919. The van der Waals surface area contributed by atoms with Crippen molar-refractivity contribution in [1.29, 1.82) is 0 Å². The molecule has 1 fully saturated rings. The van der Waals surface area contributed by atoms with Crippen molar-refractivity contribution in [3.05, 3.63) is 60.2 Å². The van der Waals surface area contributed by atoms with Crippen LogP contribution in [-0.4, -0.2) is 26.2 Å². The van der Waals surface area contributed by atoms with Crippen molar-refractivity contribution in [1.82, 2.24) is 0 Å². The molecule has 0 spiro atoms. The smallest absolute Gasteiger partial charge is 0.0408 e. The molecular weight excluding hydrogens is 312 g/mol. The molecule has 1 aliphatic rings. The van der Waals surface area contributed by atoms with Crippen LogP contribution >= 0.6 is 15.9 Å². The van der Waals surface area contributed by atoms with Crippen molar-refractivity contribution in [2.45, 2.75) is 5.33 Å². The van der Waals surface area contributed by atoms with Crippen LogP contribution in [0.5, 0.6) is 0 Å². The fourth-order valence-electron chi connectivity index (χ4n) is 2.78. The lowest BCUT2D eigenvalue weighted by atomic mass is 10.1. The van der Waals surface area contributed by atoms with E-state index in [0.717, 1.165) is 31.5 Å². The molecule has 1 aliphatic heterocycles. The van der Waals surface area contributed by atoms with Gasteiger partial charge in [-0.2, -0.15) is 0 Å². The highest BCUT2D eigenvalue weighted by atomic mass is 79.9. The number of anilines is 2. The summed E-state index contributed by atoms with van der Waals surface area (Å²) in [5.41, 5.74) is 4.08. The van der Waals surface area contributed by atoms with Crippen LogP contribution < -0.4 is 9.80 Å². The summed E-state index contributed by atoms with van der Waals surface area (Å²) >= 11 is 3.59. The Morgan fingerprint density at radius 1 is 0.750 bits per heavy atom. The van der Waals surface area contributed by atoms with Gasteiger partial charge in [-0.25, -0.2) is 0 Å². The number of benzene rings is 2. The van der Waals surface area contributed by atoms with Gasteiger partial charge in [0.15, 0.2) is 0 Å². The van der Waals surface area contributed by atoms with Crippen LogP contribution in [0.15, 0.2) is 54.6 Å². The van der Waals surface area contributed by atoms with Crippen LogP contribution in [0, 0.1) is 0 Å². The summed E-state index contributed by atoms with van der Waals surface area (Å²) in [5.74, 6) is 0. The lowest BCUT2D eigenvalue weighted by Gasteiger charge is -2.38. The Morgan fingerprint density at radius 2 is 1.35 bits per heavy atom. The second-order valence-electron chi connectivity index (χ2n) is 5.07. The first-order chi connectivity index (χ1) is 9.88. The van der Waals surface area contributed by atoms with Crippen molar-refractivity contribution in [2.24, 2.45) is 0 Å². The second-order valence-corrected chi connectivity index (χ2v) is 5.63. The third-order valence-corrected chi connectivity index (χ3v) is 4.48. The van der Waals surface area contributed by atoms with Crippen LogP contribution in [-0.2, 0) is 5.33 Å². The monoisotopic (exact) mass is 330 g/mol. The molecule has 0 atom stereocenters. The number of hydrogen-bond acceptors (Lipinski definition) is 2. The number of nitrogens with zero attached hydrogens (tertiary/aromatic N) is 2. The van der Waals surface area contributed by atoms with Gasteiger partial charge in [0, 0.05) is 42.9 Å². The van der Waals surface area contributed by atoms with E-state index in [2.05, 4.69) is 80.3 Å². The zero-order chi connectivity index (χ0) is 13.8. The maximum atomic E-state index is 3.59. The molecule has 0 N–H and O–H groups in total. The zero-order valence-electron chi connectivity index (χ0n) is 11.5. The van der Waals surface area contributed by atoms with Crippen molar-refractivity contribution in [2.75, 3.05) is 36.0 Å². The summed E-state index contributed by atoms with van der Waals surface area (Å²) in [6, 6.07) is 19.4. The van der Waals surface area contributed by atoms with Gasteiger partial charge in [-0.3, -0.25) is 0 Å². The summed E-state index contributed by atoms with van der Waals surface area (Å²) in [4.78, 5) is 4.96. The quantitative estimate of drug-likeness (QED) is 0.787. The van der Waals surface area contributed by atoms with Gasteiger partial charge in [-0.15, -0.1) is 0 Å². The van der Waals surface area contributed by atoms with Gasteiger partial charge < -0.3 is 9.80 Å². The minimum Gasteiger partial charge on any atom is -0.368 e. The molecule has 2 aromatic carbocycles. The van der Waals surface area contributed by atoms with E-state index in [9.17, 15) is 0 Å². The molecule has 3 rings (SSSR count). The highest BCUT2D eigenvalue weighted by molar-refractivity contribution is 9.08. The van der Waals surface area contributed by atoms with Gasteiger partial charge >= 0.3 is 0 Å². The topological polar surface area (TPSA) is 6.48 Å². The highest BCUT2D eigenvalue weighted by Crippen LogP contribution is 2.25. The molecule has 1 heterocycles. The summed E-state index contributed by atoms with van der Waals surface area (Å²) in [6.45, 7) is 4.33. The molecule has 3 heteroatoms. The van der Waals surface area contributed by atoms with E-state index in [1.165, 1.54) is 16.9 Å².